The van der Waals surface area contributed by atoms with Crippen LogP contribution in [-0.2, 0) is 12.0 Å². The Morgan fingerprint density at radius 1 is 1.12 bits per heavy atom. The molecule has 3 aliphatic rings. The van der Waals surface area contributed by atoms with Gasteiger partial charge in [-0.15, -0.1) is 0 Å². The van der Waals surface area contributed by atoms with Gasteiger partial charge in [0.05, 0.1) is 14.2 Å². The van der Waals surface area contributed by atoms with Gasteiger partial charge in [-0.1, -0.05) is 6.58 Å². The van der Waals surface area contributed by atoms with Crippen molar-refractivity contribution >= 4 is 5.78 Å². The zero-order valence-corrected chi connectivity index (χ0v) is 17.7. The monoisotopic (exact) mass is 442 g/mol. The lowest BCUT2D eigenvalue weighted by atomic mass is 9.76. The first-order valence-electron chi connectivity index (χ1n) is 9.96. The van der Waals surface area contributed by atoms with Crippen molar-refractivity contribution in [1.29, 1.82) is 0 Å². The molecule has 0 aliphatic carbocycles. The Morgan fingerprint density at radius 2 is 1.81 bits per heavy atom. The molecular formula is C23H22O9. The Morgan fingerprint density at radius 3 is 2.47 bits per heavy atom. The summed E-state index contributed by atoms with van der Waals surface area (Å²) >= 11 is 0. The number of ketones is 1. The Balaban J connectivity index is 1.70. The van der Waals surface area contributed by atoms with Crippen LogP contribution < -0.4 is 23.7 Å². The molecule has 3 heterocycles. The molecule has 0 aromatic heterocycles. The Bertz CT molecular complexity index is 1170. The van der Waals surface area contributed by atoms with E-state index >= 15 is 0 Å². The molecule has 32 heavy (non-hydrogen) atoms. The summed E-state index contributed by atoms with van der Waals surface area (Å²) in [5.41, 5.74) is -1.20. The number of hydrogen-bond donors (Lipinski definition) is 3. The van der Waals surface area contributed by atoms with Gasteiger partial charge in [-0.25, -0.2) is 0 Å². The van der Waals surface area contributed by atoms with Gasteiger partial charge in [0.15, 0.2) is 17.1 Å². The van der Waals surface area contributed by atoms with E-state index in [-0.39, 0.29) is 40.2 Å². The van der Waals surface area contributed by atoms with E-state index in [0.717, 1.165) is 5.57 Å². The summed E-state index contributed by atoms with van der Waals surface area (Å²) in [4.78, 5) is 13.7. The van der Waals surface area contributed by atoms with Crippen LogP contribution in [0.15, 0.2) is 30.4 Å². The maximum absolute atomic E-state index is 13.7. The molecule has 9 nitrogen and oxygen atoms in total. The number of benzene rings is 2. The number of methoxy groups -OCH3 is 2. The van der Waals surface area contributed by atoms with E-state index in [1.807, 2.05) is 6.92 Å². The van der Waals surface area contributed by atoms with Crippen molar-refractivity contribution in [3.8, 4) is 34.5 Å². The molecule has 0 saturated heterocycles. The van der Waals surface area contributed by atoms with Crippen LogP contribution in [0.5, 0.6) is 34.5 Å². The van der Waals surface area contributed by atoms with Gasteiger partial charge >= 0.3 is 0 Å². The number of fused-ring (bicyclic) bond motifs is 6. The number of ether oxygens (including phenoxy) is 5. The molecule has 0 spiro atoms. The standard InChI is InChI=1S/C23H22O9/c1-9(2)13-5-10-14(30-13)7-12(24)18-19(10)32-21-22(26)31-15-8-17(29-4)16(28-3)6-11(15)23(21,27)20(18)25/h6-8,13,21-22,24,26-27H,1,5H2,2-4H3. The third-order valence-corrected chi connectivity index (χ3v) is 6.16. The quantitative estimate of drug-likeness (QED) is 0.611. The van der Waals surface area contributed by atoms with Crippen LogP contribution in [0, 0.1) is 0 Å². The Hall–Kier alpha value is -3.43. The first-order chi connectivity index (χ1) is 15.2. The number of phenolic OH excluding ortho intramolecular Hbond substituents is 1. The van der Waals surface area contributed by atoms with E-state index in [1.54, 1.807) is 0 Å². The van der Waals surface area contributed by atoms with Crippen LogP contribution in [0.25, 0.3) is 0 Å². The van der Waals surface area contributed by atoms with Gasteiger partial charge in [0, 0.05) is 29.7 Å². The molecule has 9 heteroatoms. The molecule has 3 N–H and O–H groups in total. The highest BCUT2D eigenvalue weighted by Gasteiger charge is 2.61. The van der Waals surface area contributed by atoms with Crippen molar-refractivity contribution in [3.05, 3.63) is 47.0 Å². The lowest BCUT2D eigenvalue weighted by molar-refractivity contribution is -0.179. The molecule has 0 saturated carbocycles. The van der Waals surface area contributed by atoms with Gasteiger partial charge < -0.3 is 39.0 Å². The highest BCUT2D eigenvalue weighted by molar-refractivity contribution is 6.09. The van der Waals surface area contributed by atoms with E-state index < -0.39 is 29.5 Å². The van der Waals surface area contributed by atoms with E-state index in [1.165, 1.54) is 32.4 Å². The second-order valence-corrected chi connectivity index (χ2v) is 8.08. The molecule has 0 radical (unpaired) electrons. The van der Waals surface area contributed by atoms with Gasteiger partial charge in [-0.05, 0) is 18.6 Å². The third-order valence-electron chi connectivity index (χ3n) is 6.16. The fraction of sp³-hybridized carbons (Fsp3) is 0.348. The fourth-order valence-corrected chi connectivity index (χ4v) is 4.49. The van der Waals surface area contributed by atoms with Gasteiger partial charge in [0.1, 0.15) is 34.7 Å². The number of rotatable bonds is 3. The lowest BCUT2D eigenvalue weighted by Gasteiger charge is -2.45. The fourth-order valence-electron chi connectivity index (χ4n) is 4.49. The second-order valence-electron chi connectivity index (χ2n) is 8.08. The average molecular weight is 442 g/mol. The molecule has 4 unspecified atom stereocenters. The summed E-state index contributed by atoms with van der Waals surface area (Å²) in [5, 5.41) is 33.0. The summed E-state index contributed by atoms with van der Waals surface area (Å²) in [7, 11) is 2.83. The minimum Gasteiger partial charge on any atom is -0.507 e. The van der Waals surface area contributed by atoms with Crippen molar-refractivity contribution in [1.82, 2.24) is 0 Å². The lowest BCUT2D eigenvalue weighted by Crippen LogP contribution is -2.61. The van der Waals surface area contributed by atoms with Gasteiger partial charge in [-0.3, -0.25) is 4.79 Å². The number of aromatic hydroxyl groups is 1. The molecule has 0 fully saturated rings. The second kappa shape index (κ2) is 6.78. The van der Waals surface area contributed by atoms with E-state index in [4.69, 9.17) is 23.7 Å². The zero-order chi connectivity index (χ0) is 22.9. The first kappa shape index (κ1) is 20.5. The van der Waals surface area contributed by atoms with Crippen LogP contribution in [-0.4, -0.2) is 53.8 Å². The number of carbonyl (C=O) groups excluding carboxylic acids is 1. The van der Waals surface area contributed by atoms with E-state index in [2.05, 4.69) is 6.58 Å². The summed E-state index contributed by atoms with van der Waals surface area (Å²) in [5.74, 6) is -0.276. The highest BCUT2D eigenvalue weighted by Crippen LogP contribution is 2.54. The number of carbonyl (C=O) groups is 1. The molecule has 5 rings (SSSR count). The maximum atomic E-state index is 13.7. The van der Waals surface area contributed by atoms with Crippen molar-refractivity contribution in [3.63, 3.8) is 0 Å². The molecule has 0 bridgehead atoms. The van der Waals surface area contributed by atoms with E-state index in [0.29, 0.717) is 17.7 Å². The number of Topliss-reactive ketones (excluding diaryl/α,β-unsaturated/α-hetero) is 1. The van der Waals surface area contributed by atoms with Crippen LogP contribution >= 0.6 is 0 Å². The molecular weight excluding hydrogens is 420 g/mol. The van der Waals surface area contributed by atoms with Crippen molar-refractivity contribution < 1.29 is 43.8 Å². The predicted octanol–water partition coefficient (Wildman–Crippen LogP) is 1.83. The molecule has 2 aromatic rings. The summed E-state index contributed by atoms with van der Waals surface area (Å²) in [6.45, 7) is 5.71. The highest BCUT2D eigenvalue weighted by atomic mass is 16.6. The van der Waals surface area contributed by atoms with Gasteiger partial charge in [0.2, 0.25) is 18.2 Å². The SMILES string of the molecule is C=C(C)C1Cc2c(cc(O)c3c2OC2C(O)Oc4cc(OC)c(OC)cc4C2(O)C3=O)O1. The van der Waals surface area contributed by atoms with Crippen LogP contribution in [0.3, 0.4) is 0 Å². The van der Waals surface area contributed by atoms with Gasteiger partial charge in [-0.2, -0.15) is 0 Å². The third kappa shape index (κ3) is 2.55. The largest absolute Gasteiger partial charge is 0.507 e. The van der Waals surface area contributed by atoms with Crippen LogP contribution in [0.4, 0.5) is 0 Å². The van der Waals surface area contributed by atoms with Crippen molar-refractivity contribution in [2.45, 2.75) is 37.4 Å². The van der Waals surface area contributed by atoms with E-state index in [9.17, 15) is 20.1 Å². The maximum Gasteiger partial charge on any atom is 0.238 e. The van der Waals surface area contributed by atoms with Gasteiger partial charge in [0.25, 0.3) is 0 Å². The zero-order valence-electron chi connectivity index (χ0n) is 17.7. The predicted molar refractivity (Wildman–Crippen MR) is 110 cm³/mol. The molecule has 0 amide bonds. The van der Waals surface area contributed by atoms with Crippen LogP contribution in [0.1, 0.15) is 28.4 Å². The Kier molecular flexibility index (Phi) is 4.34. The number of phenols is 1. The number of hydrogen-bond acceptors (Lipinski definition) is 9. The summed E-state index contributed by atoms with van der Waals surface area (Å²) in [6.07, 6.45) is -3.16. The molecule has 4 atom stereocenters. The van der Waals surface area contributed by atoms with Crippen LogP contribution in [0.2, 0.25) is 0 Å². The topological polar surface area (TPSA) is 124 Å². The average Bonchev–Trinajstić information content (AvgIpc) is 3.19. The molecule has 2 aromatic carbocycles. The minimum atomic E-state index is -2.35. The normalized spacial score (nSPS) is 27.0. The summed E-state index contributed by atoms with van der Waals surface area (Å²) in [6, 6.07) is 4.12. The Labute approximate surface area is 183 Å². The number of aliphatic hydroxyl groups excluding tert-OH is 1. The summed E-state index contributed by atoms with van der Waals surface area (Å²) < 4.78 is 27.9. The van der Waals surface area contributed by atoms with Crippen molar-refractivity contribution in [2.24, 2.45) is 0 Å². The smallest absolute Gasteiger partial charge is 0.238 e. The molecule has 168 valence electrons. The molecule has 3 aliphatic heterocycles. The number of aliphatic hydroxyl groups is 2. The van der Waals surface area contributed by atoms with Crippen molar-refractivity contribution in [2.75, 3.05) is 14.2 Å². The minimum absolute atomic E-state index is 0.0251. The first-order valence-corrected chi connectivity index (χ1v) is 9.96.